The van der Waals surface area contributed by atoms with Gasteiger partial charge >= 0.3 is 0 Å². The summed E-state index contributed by atoms with van der Waals surface area (Å²) in [4.78, 5) is 28.8. The fraction of sp³-hybridized carbons (Fsp3) is 0.355. The fourth-order valence-corrected chi connectivity index (χ4v) is 5.13. The second kappa shape index (κ2) is 13.1. The maximum Gasteiger partial charge on any atom is 0.227 e. The monoisotopic (exact) mass is 548 g/mol. The van der Waals surface area contributed by atoms with Crippen LogP contribution >= 0.6 is 0 Å². The van der Waals surface area contributed by atoms with Gasteiger partial charge in [0.25, 0.3) is 0 Å². The van der Waals surface area contributed by atoms with E-state index in [-0.39, 0.29) is 18.2 Å². The van der Waals surface area contributed by atoms with E-state index in [2.05, 4.69) is 5.32 Å². The van der Waals surface area contributed by atoms with E-state index >= 15 is 0 Å². The summed E-state index contributed by atoms with van der Waals surface area (Å²) in [5.74, 6) is 2.41. The van der Waals surface area contributed by atoms with Crippen LogP contribution in [0.5, 0.6) is 28.7 Å². The quantitative estimate of drug-likeness (QED) is 0.375. The van der Waals surface area contributed by atoms with Crippen molar-refractivity contribution in [1.29, 1.82) is 0 Å². The second-order valence-corrected chi connectivity index (χ2v) is 9.40. The van der Waals surface area contributed by atoms with Crippen molar-refractivity contribution >= 4 is 17.5 Å². The predicted octanol–water partition coefficient (Wildman–Crippen LogP) is 4.57. The average molecular weight is 549 g/mol. The van der Waals surface area contributed by atoms with Gasteiger partial charge in [-0.2, -0.15) is 0 Å². The zero-order valence-electron chi connectivity index (χ0n) is 23.6. The van der Waals surface area contributed by atoms with Crippen molar-refractivity contribution < 1.29 is 33.3 Å². The van der Waals surface area contributed by atoms with Crippen molar-refractivity contribution in [3.63, 3.8) is 0 Å². The number of nitrogens with one attached hydrogen (secondary N) is 1. The summed E-state index contributed by atoms with van der Waals surface area (Å²) in [6.07, 6.45) is 1.29. The van der Waals surface area contributed by atoms with E-state index in [1.165, 1.54) is 0 Å². The number of carbonyl (C=O) groups is 2. The number of carbonyl (C=O) groups excluding carboxylic acids is 2. The molecular formula is C31H36N2O7. The van der Waals surface area contributed by atoms with Gasteiger partial charge in [0.05, 0.1) is 47.5 Å². The summed E-state index contributed by atoms with van der Waals surface area (Å²) in [5.41, 5.74) is 2.48. The summed E-state index contributed by atoms with van der Waals surface area (Å²) in [6, 6.07) is 18.0. The van der Waals surface area contributed by atoms with E-state index in [1.54, 1.807) is 58.6 Å². The molecule has 3 aromatic carbocycles. The first-order chi connectivity index (χ1) is 19.4. The van der Waals surface area contributed by atoms with E-state index in [1.807, 2.05) is 42.5 Å². The standard InChI is InChI=1S/C31H36N2O7/c1-36-23-10-8-22(9-11-23)33-29(34)15-12-24(30(33)21-7-14-26(38-3)28(19-21)40-5)31(35)32-17-16-20-6-13-25(37-2)27(18-20)39-4/h6-11,13-14,18-19,24,30H,12,15-17H2,1-5H3,(H,32,35)/t24-,30-/m0/s1. The molecule has 9 nitrogen and oxygen atoms in total. The van der Waals surface area contributed by atoms with Gasteiger partial charge in [-0.3, -0.25) is 9.59 Å². The molecule has 212 valence electrons. The average Bonchev–Trinajstić information content (AvgIpc) is 3.00. The Labute approximate surface area is 234 Å². The van der Waals surface area contributed by atoms with Crippen LogP contribution in [0.4, 0.5) is 5.69 Å². The minimum atomic E-state index is -0.546. The van der Waals surface area contributed by atoms with E-state index in [0.29, 0.717) is 53.8 Å². The van der Waals surface area contributed by atoms with Gasteiger partial charge in [-0.1, -0.05) is 12.1 Å². The molecule has 2 amide bonds. The largest absolute Gasteiger partial charge is 0.497 e. The Morgan fingerprint density at radius 3 is 2.05 bits per heavy atom. The highest BCUT2D eigenvalue weighted by Gasteiger charge is 2.41. The summed E-state index contributed by atoms with van der Waals surface area (Å²) in [7, 11) is 7.91. The first-order valence-corrected chi connectivity index (χ1v) is 13.1. The van der Waals surface area contributed by atoms with Gasteiger partial charge in [-0.25, -0.2) is 0 Å². The molecule has 40 heavy (non-hydrogen) atoms. The molecule has 0 radical (unpaired) electrons. The molecule has 1 N–H and O–H groups in total. The third-order valence-corrected chi connectivity index (χ3v) is 7.19. The molecule has 0 spiro atoms. The van der Waals surface area contributed by atoms with E-state index < -0.39 is 12.0 Å². The van der Waals surface area contributed by atoms with Crippen molar-refractivity contribution in [1.82, 2.24) is 5.32 Å². The number of ether oxygens (including phenoxy) is 5. The van der Waals surface area contributed by atoms with Gasteiger partial charge in [-0.15, -0.1) is 0 Å². The lowest BCUT2D eigenvalue weighted by Gasteiger charge is -2.41. The van der Waals surface area contributed by atoms with Gasteiger partial charge in [0.15, 0.2) is 23.0 Å². The molecule has 0 unspecified atom stereocenters. The summed E-state index contributed by atoms with van der Waals surface area (Å²) < 4.78 is 27.0. The Balaban J connectivity index is 1.62. The third-order valence-electron chi connectivity index (χ3n) is 7.19. The van der Waals surface area contributed by atoms with Gasteiger partial charge in [-0.05, 0) is 72.5 Å². The molecular weight excluding hydrogens is 512 g/mol. The Morgan fingerprint density at radius 1 is 0.800 bits per heavy atom. The van der Waals surface area contributed by atoms with Crippen LogP contribution in [0.15, 0.2) is 60.7 Å². The highest BCUT2D eigenvalue weighted by atomic mass is 16.5. The molecule has 2 atom stereocenters. The zero-order valence-corrected chi connectivity index (χ0v) is 23.6. The highest BCUT2D eigenvalue weighted by Crippen LogP contribution is 2.42. The molecule has 0 bridgehead atoms. The maximum absolute atomic E-state index is 13.7. The molecule has 0 saturated carbocycles. The topological polar surface area (TPSA) is 95.6 Å². The molecule has 0 aliphatic carbocycles. The fourth-order valence-electron chi connectivity index (χ4n) is 5.13. The van der Waals surface area contributed by atoms with E-state index in [4.69, 9.17) is 23.7 Å². The Morgan fingerprint density at radius 2 is 1.43 bits per heavy atom. The van der Waals surface area contributed by atoms with Crippen LogP contribution in [0.1, 0.15) is 30.0 Å². The third kappa shape index (κ3) is 6.09. The van der Waals surface area contributed by atoms with Crippen LogP contribution in [0.25, 0.3) is 0 Å². The van der Waals surface area contributed by atoms with Gasteiger partial charge in [0.1, 0.15) is 5.75 Å². The molecule has 4 rings (SSSR count). The Bertz CT molecular complexity index is 1330. The van der Waals surface area contributed by atoms with Crippen LogP contribution < -0.4 is 33.9 Å². The van der Waals surface area contributed by atoms with Crippen molar-refractivity contribution in [3.05, 3.63) is 71.8 Å². The summed E-state index contributed by atoms with van der Waals surface area (Å²) in [5, 5.41) is 3.10. The number of piperidine rings is 1. The van der Waals surface area contributed by atoms with Crippen LogP contribution in [0.3, 0.4) is 0 Å². The minimum Gasteiger partial charge on any atom is -0.497 e. The first kappa shape index (κ1) is 28.6. The van der Waals surface area contributed by atoms with Crippen molar-refractivity contribution in [2.24, 2.45) is 5.92 Å². The lowest BCUT2D eigenvalue weighted by Crippen LogP contribution is -2.48. The lowest BCUT2D eigenvalue weighted by atomic mass is 9.83. The van der Waals surface area contributed by atoms with Crippen LogP contribution in [-0.4, -0.2) is 53.9 Å². The zero-order chi connectivity index (χ0) is 28.6. The number of rotatable bonds is 11. The van der Waals surface area contributed by atoms with Gasteiger partial charge < -0.3 is 33.9 Å². The van der Waals surface area contributed by atoms with Crippen LogP contribution in [0.2, 0.25) is 0 Å². The Kier molecular flexibility index (Phi) is 9.37. The summed E-state index contributed by atoms with van der Waals surface area (Å²) in [6.45, 7) is 0.431. The molecule has 9 heteroatoms. The minimum absolute atomic E-state index is 0.0562. The van der Waals surface area contributed by atoms with Crippen molar-refractivity contribution in [2.45, 2.75) is 25.3 Å². The molecule has 1 aliphatic rings. The molecule has 1 aliphatic heterocycles. The van der Waals surface area contributed by atoms with E-state index in [9.17, 15) is 9.59 Å². The number of benzene rings is 3. The highest BCUT2D eigenvalue weighted by molar-refractivity contribution is 5.97. The lowest BCUT2D eigenvalue weighted by molar-refractivity contribution is -0.129. The van der Waals surface area contributed by atoms with Gasteiger partial charge in [0, 0.05) is 18.7 Å². The number of hydrogen-bond acceptors (Lipinski definition) is 7. The smallest absolute Gasteiger partial charge is 0.227 e. The van der Waals surface area contributed by atoms with Crippen molar-refractivity contribution in [2.75, 3.05) is 47.0 Å². The van der Waals surface area contributed by atoms with E-state index in [0.717, 1.165) is 11.1 Å². The molecule has 1 heterocycles. The van der Waals surface area contributed by atoms with Crippen molar-refractivity contribution in [3.8, 4) is 28.7 Å². The first-order valence-electron chi connectivity index (χ1n) is 13.1. The Hall–Kier alpha value is -4.40. The normalized spacial score (nSPS) is 16.7. The molecule has 1 saturated heterocycles. The van der Waals surface area contributed by atoms with Crippen LogP contribution in [0, 0.1) is 5.92 Å². The second-order valence-electron chi connectivity index (χ2n) is 9.40. The number of nitrogens with zero attached hydrogens (tertiary/aromatic N) is 1. The summed E-state index contributed by atoms with van der Waals surface area (Å²) >= 11 is 0. The molecule has 0 aromatic heterocycles. The number of methoxy groups -OCH3 is 5. The van der Waals surface area contributed by atoms with Gasteiger partial charge in [0.2, 0.25) is 11.8 Å². The molecule has 3 aromatic rings. The number of anilines is 1. The van der Waals surface area contributed by atoms with Crippen LogP contribution in [-0.2, 0) is 16.0 Å². The molecule has 1 fully saturated rings. The maximum atomic E-state index is 13.7. The number of hydrogen-bond donors (Lipinski definition) is 1. The predicted molar refractivity (Wildman–Crippen MR) is 152 cm³/mol. The SMILES string of the molecule is COc1ccc(N2C(=O)CC[C@H](C(=O)NCCc3ccc(OC)c(OC)c3)[C@@H]2c2ccc(OC)c(OC)c2)cc1. The number of amides is 2.